The van der Waals surface area contributed by atoms with Gasteiger partial charge in [-0.15, -0.1) is 0 Å². The number of thiocarbonyl (C=S) groups is 1. The summed E-state index contributed by atoms with van der Waals surface area (Å²) in [5.74, 6) is 2.54. The van der Waals surface area contributed by atoms with E-state index in [1.165, 1.54) is 25.7 Å². The van der Waals surface area contributed by atoms with Crippen molar-refractivity contribution in [1.82, 2.24) is 15.3 Å². The van der Waals surface area contributed by atoms with Gasteiger partial charge in [0.25, 0.3) is 0 Å². The molecular weight excluding hydrogens is 398 g/mol. The number of hydrogen-bond donors (Lipinski definition) is 2. The lowest BCUT2D eigenvalue weighted by Crippen LogP contribution is -2.35. The van der Waals surface area contributed by atoms with Crippen LogP contribution in [0.25, 0.3) is 0 Å². The number of anilines is 2. The molecule has 0 aliphatic carbocycles. The van der Waals surface area contributed by atoms with Gasteiger partial charge in [0.2, 0.25) is 11.8 Å². The van der Waals surface area contributed by atoms with Crippen LogP contribution in [-0.2, 0) is 4.74 Å². The lowest BCUT2D eigenvalue weighted by Gasteiger charge is -2.22. The monoisotopic (exact) mass is 427 g/mol. The molecule has 8 heteroatoms. The van der Waals surface area contributed by atoms with Gasteiger partial charge in [-0.25, -0.2) is 0 Å². The van der Waals surface area contributed by atoms with E-state index in [4.69, 9.17) is 26.7 Å². The number of hydrogen-bond acceptors (Lipinski definition) is 6. The fraction of sp³-hybridized carbons (Fsp3) is 0.500. The van der Waals surface area contributed by atoms with Gasteiger partial charge in [0, 0.05) is 32.3 Å². The van der Waals surface area contributed by atoms with E-state index in [0.717, 1.165) is 44.1 Å². The van der Waals surface area contributed by atoms with Crippen LogP contribution in [0, 0.1) is 0 Å². The number of rotatable bonds is 6. The number of nitrogens with one attached hydrogen (secondary N) is 2. The van der Waals surface area contributed by atoms with Crippen molar-refractivity contribution >= 4 is 29.1 Å². The quantitative estimate of drug-likeness (QED) is 0.668. The van der Waals surface area contributed by atoms with E-state index >= 15 is 0 Å². The van der Waals surface area contributed by atoms with Crippen molar-refractivity contribution in [2.45, 2.75) is 44.6 Å². The van der Waals surface area contributed by atoms with Crippen LogP contribution in [0.5, 0.6) is 11.6 Å². The topological polar surface area (TPSA) is 71.5 Å². The fourth-order valence-corrected chi connectivity index (χ4v) is 3.92. The average molecular weight is 428 g/mol. The lowest BCUT2D eigenvalue weighted by molar-refractivity contribution is 0.114. The van der Waals surface area contributed by atoms with Gasteiger partial charge in [-0.2, -0.15) is 9.97 Å². The molecule has 7 nitrogen and oxygen atoms in total. The molecule has 1 unspecified atom stereocenters. The first-order chi connectivity index (χ1) is 14.8. The standard InChI is InChI=1S/C22H29N5O2S/c30-22(23-16-18-11-8-14-28-18)26-21-24-19(27-12-6-1-2-7-13-27)15-20(25-21)29-17-9-4-3-5-10-17/h3-5,9-10,15,18H,1-2,6-8,11-14,16H2,(H2,23,24,25,26,30). The molecule has 0 saturated carbocycles. The summed E-state index contributed by atoms with van der Waals surface area (Å²) in [4.78, 5) is 11.6. The lowest BCUT2D eigenvalue weighted by atomic mass is 10.2. The molecule has 0 bridgehead atoms. The molecule has 4 rings (SSSR count). The van der Waals surface area contributed by atoms with Crippen molar-refractivity contribution in [2.24, 2.45) is 0 Å². The molecule has 0 spiro atoms. The maximum Gasteiger partial charge on any atom is 0.234 e. The smallest absolute Gasteiger partial charge is 0.234 e. The third-order valence-corrected chi connectivity index (χ3v) is 5.57. The van der Waals surface area contributed by atoms with Crippen molar-refractivity contribution in [2.75, 3.05) is 36.5 Å². The molecule has 1 aromatic heterocycles. The number of benzene rings is 1. The fourth-order valence-electron chi connectivity index (χ4n) is 3.75. The van der Waals surface area contributed by atoms with Crippen LogP contribution in [-0.4, -0.2) is 47.4 Å². The van der Waals surface area contributed by atoms with Gasteiger partial charge in [0.1, 0.15) is 11.6 Å². The van der Waals surface area contributed by atoms with Crippen molar-refractivity contribution < 1.29 is 9.47 Å². The van der Waals surface area contributed by atoms with E-state index in [9.17, 15) is 0 Å². The van der Waals surface area contributed by atoms with E-state index in [1.54, 1.807) is 0 Å². The van der Waals surface area contributed by atoms with Gasteiger partial charge in [-0.1, -0.05) is 31.0 Å². The number of para-hydroxylation sites is 1. The minimum atomic E-state index is 0.214. The maximum absolute atomic E-state index is 6.00. The zero-order chi connectivity index (χ0) is 20.6. The third-order valence-electron chi connectivity index (χ3n) is 5.32. The first kappa shape index (κ1) is 20.8. The zero-order valence-corrected chi connectivity index (χ0v) is 18.0. The van der Waals surface area contributed by atoms with Crippen LogP contribution >= 0.6 is 12.2 Å². The van der Waals surface area contributed by atoms with Crippen molar-refractivity contribution in [1.29, 1.82) is 0 Å². The number of ether oxygens (including phenoxy) is 2. The molecule has 1 aromatic carbocycles. The molecule has 1 atom stereocenters. The molecule has 2 fully saturated rings. The molecule has 2 saturated heterocycles. The van der Waals surface area contributed by atoms with Gasteiger partial charge in [-0.3, -0.25) is 0 Å². The first-order valence-corrected chi connectivity index (χ1v) is 11.2. The molecule has 2 N–H and O–H groups in total. The Morgan fingerprint density at radius 3 is 2.63 bits per heavy atom. The largest absolute Gasteiger partial charge is 0.439 e. The summed E-state index contributed by atoms with van der Waals surface area (Å²) in [5, 5.41) is 6.83. The van der Waals surface area contributed by atoms with Crippen LogP contribution in [0.3, 0.4) is 0 Å². The highest BCUT2D eigenvalue weighted by molar-refractivity contribution is 7.80. The highest BCUT2D eigenvalue weighted by Gasteiger charge is 2.17. The molecule has 2 aliphatic rings. The predicted molar refractivity (Wildman–Crippen MR) is 122 cm³/mol. The zero-order valence-electron chi connectivity index (χ0n) is 17.2. The second kappa shape index (κ2) is 10.5. The number of nitrogens with zero attached hydrogens (tertiary/aromatic N) is 3. The maximum atomic E-state index is 6.00. The van der Waals surface area contributed by atoms with Crippen LogP contribution in [0.15, 0.2) is 36.4 Å². The Bertz CT molecular complexity index is 822. The highest BCUT2D eigenvalue weighted by atomic mass is 32.1. The van der Waals surface area contributed by atoms with Gasteiger partial charge >= 0.3 is 0 Å². The third kappa shape index (κ3) is 6.03. The van der Waals surface area contributed by atoms with Crippen molar-refractivity contribution in [3.05, 3.63) is 36.4 Å². The van der Waals surface area contributed by atoms with Crippen LogP contribution in [0.1, 0.15) is 38.5 Å². The second-order valence-electron chi connectivity index (χ2n) is 7.67. The summed E-state index contributed by atoms with van der Waals surface area (Å²) >= 11 is 5.45. The van der Waals surface area contributed by atoms with E-state index in [-0.39, 0.29) is 6.10 Å². The molecule has 160 valence electrons. The van der Waals surface area contributed by atoms with Gasteiger partial charge in [-0.05, 0) is 50.0 Å². The molecule has 0 radical (unpaired) electrons. The summed E-state index contributed by atoms with van der Waals surface area (Å²) in [5.41, 5.74) is 0. The highest BCUT2D eigenvalue weighted by Crippen LogP contribution is 2.26. The minimum absolute atomic E-state index is 0.214. The predicted octanol–water partition coefficient (Wildman–Crippen LogP) is 4.11. The summed E-state index contributed by atoms with van der Waals surface area (Å²) in [7, 11) is 0. The molecule has 30 heavy (non-hydrogen) atoms. The van der Waals surface area contributed by atoms with Crippen molar-refractivity contribution in [3.8, 4) is 11.6 Å². The summed E-state index contributed by atoms with van der Waals surface area (Å²) in [6.45, 7) is 3.49. The Hall–Kier alpha value is -2.45. The second-order valence-corrected chi connectivity index (χ2v) is 8.08. The SMILES string of the molecule is S=C(NCC1CCCO1)Nc1nc(Oc2ccccc2)cc(N2CCCCCC2)n1. The Morgan fingerprint density at radius 1 is 1.10 bits per heavy atom. The Labute approximate surface area is 183 Å². The normalized spacial score (nSPS) is 19.2. The molecule has 2 aliphatic heterocycles. The average Bonchev–Trinajstić information content (AvgIpc) is 3.13. The van der Waals surface area contributed by atoms with Crippen LogP contribution in [0.2, 0.25) is 0 Å². The van der Waals surface area contributed by atoms with Crippen molar-refractivity contribution in [3.63, 3.8) is 0 Å². The van der Waals surface area contributed by atoms with Gasteiger partial charge in [0.05, 0.1) is 6.10 Å². The molecule has 0 amide bonds. The molecule has 3 heterocycles. The molecular formula is C22H29N5O2S. The first-order valence-electron chi connectivity index (χ1n) is 10.8. The van der Waals surface area contributed by atoms with Crippen LogP contribution in [0.4, 0.5) is 11.8 Å². The van der Waals surface area contributed by atoms with E-state index in [2.05, 4.69) is 20.5 Å². The Morgan fingerprint density at radius 2 is 1.90 bits per heavy atom. The van der Waals surface area contributed by atoms with E-state index in [0.29, 0.717) is 23.5 Å². The van der Waals surface area contributed by atoms with Gasteiger partial charge < -0.3 is 25.0 Å². The van der Waals surface area contributed by atoms with E-state index < -0.39 is 0 Å². The molecule has 2 aromatic rings. The van der Waals surface area contributed by atoms with E-state index in [1.807, 2.05) is 36.4 Å². The van der Waals surface area contributed by atoms with Gasteiger partial charge in [0.15, 0.2) is 5.11 Å². The van der Waals surface area contributed by atoms with Crippen LogP contribution < -0.4 is 20.3 Å². The Balaban J connectivity index is 1.49. The minimum Gasteiger partial charge on any atom is -0.439 e. The number of aromatic nitrogens is 2. The summed E-state index contributed by atoms with van der Waals surface area (Å²) in [6.07, 6.45) is 7.24. The summed E-state index contributed by atoms with van der Waals surface area (Å²) in [6, 6.07) is 11.6. The Kier molecular flexibility index (Phi) is 7.31. The summed E-state index contributed by atoms with van der Waals surface area (Å²) < 4.78 is 11.6.